The Morgan fingerprint density at radius 3 is 2.68 bits per heavy atom. The first-order valence-corrected chi connectivity index (χ1v) is 9.99. The third-order valence-electron chi connectivity index (χ3n) is 4.21. The molecule has 1 amide bonds. The average Bonchev–Trinajstić information content (AvgIpc) is 3.14. The van der Waals surface area contributed by atoms with E-state index in [0.717, 1.165) is 16.9 Å². The van der Waals surface area contributed by atoms with Crippen molar-refractivity contribution in [3.05, 3.63) is 71.0 Å². The molecule has 3 aromatic rings. The summed E-state index contributed by atoms with van der Waals surface area (Å²) in [4.78, 5) is 16.7. The first-order valence-electron chi connectivity index (χ1n) is 9.11. The maximum Gasteiger partial charge on any atom is 0.233 e. The van der Waals surface area contributed by atoms with Crippen LogP contribution in [0.15, 0.2) is 53.7 Å². The maximum absolute atomic E-state index is 12.3. The maximum atomic E-state index is 12.3. The number of nitrogens with one attached hydrogen (secondary N) is 2. The van der Waals surface area contributed by atoms with E-state index >= 15 is 0 Å². The molecular weight excluding hydrogens is 372 g/mol. The molecule has 0 saturated carbocycles. The Labute approximate surface area is 169 Å². The molecule has 3 rings (SSSR count). The van der Waals surface area contributed by atoms with Crippen LogP contribution in [0.2, 0.25) is 0 Å². The summed E-state index contributed by atoms with van der Waals surface area (Å²) in [5.74, 6) is 1.39. The Morgan fingerprint density at radius 2 is 1.93 bits per heavy atom. The number of H-pyrrole nitrogens is 1. The summed E-state index contributed by atoms with van der Waals surface area (Å²) in [6.07, 6.45) is 0. The van der Waals surface area contributed by atoms with Gasteiger partial charge in [-0.2, -0.15) is 0 Å². The summed E-state index contributed by atoms with van der Waals surface area (Å²) in [5.41, 5.74) is 3.34. The number of hydrogen-bond donors (Lipinski definition) is 2. The lowest BCUT2D eigenvalue weighted by molar-refractivity contribution is -0.120. The Balaban J connectivity index is 1.47. The van der Waals surface area contributed by atoms with Gasteiger partial charge in [0.25, 0.3) is 0 Å². The van der Waals surface area contributed by atoms with Gasteiger partial charge >= 0.3 is 0 Å². The summed E-state index contributed by atoms with van der Waals surface area (Å²) in [7, 11) is 0. The first-order chi connectivity index (χ1) is 13.5. The molecule has 0 aliphatic rings. The summed E-state index contributed by atoms with van der Waals surface area (Å²) >= 11 is 1.31. The Morgan fingerprint density at radius 1 is 1.18 bits per heavy atom. The van der Waals surface area contributed by atoms with Crippen molar-refractivity contribution in [1.29, 1.82) is 0 Å². The van der Waals surface area contributed by atoms with E-state index in [-0.39, 0.29) is 11.2 Å². The van der Waals surface area contributed by atoms with Crippen LogP contribution in [0.4, 0.5) is 0 Å². The van der Waals surface area contributed by atoms with Gasteiger partial charge in [-0.15, -0.1) is 5.10 Å². The molecule has 28 heavy (non-hydrogen) atoms. The van der Waals surface area contributed by atoms with Crippen LogP contribution in [0.1, 0.15) is 29.4 Å². The highest BCUT2D eigenvalue weighted by Gasteiger charge is 2.17. The number of aromatic amines is 1. The number of aryl methyl sites for hydroxylation is 2. The smallest absolute Gasteiger partial charge is 0.233 e. The van der Waals surface area contributed by atoms with Gasteiger partial charge < -0.3 is 10.1 Å². The minimum Gasteiger partial charge on any atom is -0.485 e. The van der Waals surface area contributed by atoms with E-state index in [1.807, 2.05) is 69.3 Å². The fourth-order valence-electron chi connectivity index (χ4n) is 2.51. The highest BCUT2D eigenvalue weighted by molar-refractivity contribution is 8.00. The molecule has 1 aromatic heterocycles. The van der Waals surface area contributed by atoms with Gasteiger partial charge in [-0.05, 0) is 38.0 Å². The molecular formula is C21H24N4O2S. The van der Waals surface area contributed by atoms with Gasteiger partial charge in [-0.3, -0.25) is 9.89 Å². The lowest BCUT2D eigenvalue weighted by Crippen LogP contribution is -2.30. The van der Waals surface area contributed by atoms with E-state index in [9.17, 15) is 4.79 Å². The summed E-state index contributed by atoms with van der Waals surface area (Å²) in [6.45, 7) is 6.68. The standard InChI is InChI=1S/C21H24N4O2S/c1-14-8-10-17(11-9-14)12-22-20(26)16(3)28-21-23-19(24-25-21)13-27-18-7-5-4-6-15(18)2/h4-11,16H,12-13H2,1-3H3,(H,22,26)(H,23,24,25)/t16-/m0/s1. The quantitative estimate of drug-likeness (QED) is 0.566. The van der Waals surface area contributed by atoms with Gasteiger partial charge in [0.2, 0.25) is 11.1 Å². The molecule has 1 atom stereocenters. The Bertz CT molecular complexity index is 924. The summed E-state index contributed by atoms with van der Waals surface area (Å²) < 4.78 is 5.76. The van der Waals surface area contributed by atoms with Gasteiger partial charge in [0.15, 0.2) is 5.82 Å². The lowest BCUT2D eigenvalue weighted by atomic mass is 10.1. The van der Waals surface area contributed by atoms with Crippen LogP contribution in [-0.2, 0) is 17.9 Å². The molecule has 2 N–H and O–H groups in total. The molecule has 146 valence electrons. The van der Waals surface area contributed by atoms with Crippen LogP contribution in [0.3, 0.4) is 0 Å². The second-order valence-electron chi connectivity index (χ2n) is 6.58. The molecule has 2 aromatic carbocycles. The number of amides is 1. The minimum atomic E-state index is -0.300. The van der Waals surface area contributed by atoms with Crippen molar-refractivity contribution < 1.29 is 9.53 Å². The molecule has 0 aliphatic carbocycles. The first kappa shape index (κ1) is 19.9. The second kappa shape index (κ2) is 9.41. The zero-order valence-electron chi connectivity index (χ0n) is 16.2. The molecule has 0 spiro atoms. The number of carbonyl (C=O) groups is 1. The van der Waals surface area contributed by atoms with Crippen LogP contribution in [0.25, 0.3) is 0 Å². The largest absolute Gasteiger partial charge is 0.485 e. The number of thioether (sulfide) groups is 1. The molecule has 0 saturated heterocycles. The van der Waals surface area contributed by atoms with Gasteiger partial charge in [-0.25, -0.2) is 4.98 Å². The van der Waals surface area contributed by atoms with Gasteiger partial charge in [0.05, 0.1) is 5.25 Å². The molecule has 7 heteroatoms. The zero-order chi connectivity index (χ0) is 19.9. The Hall–Kier alpha value is -2.80. The highest BCUT2D eigenvalue weighted by Crippen LogP contribution is 2.21. The van der Waals surface area contributed by atoms with Crippen molar-refractivity contribution in [3.63, 3.8) is 0 Å². The normalized spacial score (nSPS) is 11.8. The lowest BCUT2D eigenvalue weighted by Gasteiger charge is -2.10. The van der Waals surface area contributed by atoms with E-state index in [4.69, 9.17) is 4.74 Å². The van der Waals surface area contributed by atoms with Crippen LogP contribution < -0.4 is 10.1 Å². The van der Waals surface area contributed by atoms with E-state index in [2.05, 4.69) is 20.5 Å². The van der Waals surface area contributed by atoms with E-state index in [0.29, 0.717) is 24.1 Å². The number of aromatic nitrogens is 3. The fraction of sp³-hybridized carbons (Fsp3) is 0.286. The monoisotopic (exact) mass is 396 g/mol. The third kappa shape index (κ3) is 5.60. The van der Waals surface area contributed by atoms with E-state index in [1.165, 1.54) is 17.3 Å². The van der Waals surface area contributed by atoms with Crippen LogP contribution >= 0.6 is 11.8 Å². The topological polar surface area (TPSA) is 79.9 Å². The molecule has 1 heterocycles. The zero-order valence-corrected chi connectivity index (χ0v) is 17.0. The fourth-order valence-corrected chi connectivity index (χ4v) is 3.28. The SMILES string of the molecule is Cc1ccc(CNC(=O)[C@H](C)Sc2n[nH]c(COc3ccccc3C)n2)cc1. The van der Waals surface area contributed by atoms with Gasteiger partial charge in [0, 0.05) is 6.54 Å². The predicted molar refractivity (Wildman–Crippen MR) is 110 cm³/mol. The van der Waals surface area contributed by atoms with Crippen LogP contribution in [-0.4, -0.2) is 26.3 Å². The van der Waals surface area contributed by atoms with Crippen molar-refractivity contribution in [3.8, 4) is 5.75 Å². The summed E-state index contributed by atoms with van der Waals surface area (Å²) in [6, 6.07) is 15.9. The number of nitrogens with zero attached hydrogens (tertiary/aromatic N) is 2. The molecule has 0 radical (unpaired) electrons. The average molecular weight is 397 g/mol. The molecule has 6 nitrogen and oxygen atoms in total. The minimum absolute atomic E-state index is 0.0481. The van der Waals surface area contributed by atoms with Crippen molar-refractivity contribution >= 4 is 17.7 Å². The number of benzene rings is 2. The van der Waals surface area contributed by atoms with Crippen molar-refractivity contribution in [2.45, 2.75) is 44.3 Å². The van der Waals surface area contributed by atoms with E-state index < -0.39 is 0 Å². The van der Waals surface area contributed by atoms with Crippen molar-refractivity contribution in [2.75, 3.05) is 0 Å². The predicted octanol–water partition coefficient (Wildman–Crippen LogP) is 3.80. The number of ether oxygens (including phenoxy) is 1. The van der Waals surface area contributed by atoms with Crippen molar-refractivity contribution in [1.82, 2.24) is 20.5 Å². The number of rotatable bonds is 8. The Kier molecular flexibility index (Phi) is 6.71. The van der Waals surface area contributed by atoms with Gasteiger partial charge in [0.1, 0.15) is 12.4 Å². The number of para-hydroxylation sites is 1. The second-order valence-corrected chi connectivity index (χ2v) is 7.89. The number of hydrogen-bond acceptors (Lipinski definition) is 5. The number of carbonyl (C=O) groups excluding carboxylic acids is 1. The third-order valence-corrected chi connectivity index (χ3v) is 5.17. The van der Waals surface area contributed by atoms with Crippen LogP contribution in [0, 0.1) is 13.8 Å². The molecule has 0 unspecified atom stereocenters. The highest BCUT2D eigenvalue weighted by atomic mass is 32.2. The molecule has 0 fully saturated rings. The van der Waals surface area contributed by atoms with E-state index in [1.54, 1.807) is 0 Å². The summed E-state index contributed by atoms with van der Waals surface area (Å²) in [5, 5.41) is 10.2. The van der Waals surface area contributed by atoms with Crippen LogP contribution in [0.5, 0.6) is 5.75 Å². The van der Waals surface area contributed by atoms with Gasteiger partial charge in [-0.1, -0.05) is 59.8 Å². The van der Waals surface area contributed by atoms with Crippen molar-refractivity contribution in [2.24, 2.45) is 0 Å². The molecule has 0 bridgehead atoms. The molecule has 0 aliphatic heterocycles.